The number of hydrogen-bond donors (Lipinski definition) is 1. The molecular weight excluding hydrogens is 124 g/mol. The predicted molar refractivity (Wildman–Crippen MR) is 41.6 cm³/mol. The highest BCUT2D eigenvalue weighted by atomic mass is 14.7. The highest BCUT2D eigenvalue weighted by Gasteiger charge is 1.95. The van der Waals surface area contributed by atoms with Crippen molar-refractivity contribution in [3.8, 4) is 0 Å². The van der Waals surface area contributed by atoms with Gasteiger partial charge in [-0.1, -0.05) is 6.07 Å². The Morgan fingerprint density at radius 2 is 2.10 bits per heavy atom. The zero-order chi connectivity index (χ0) is 7.56. The third-order valence-corrected chi connectivity index (χ3v) is 1.53. The lowest BCUT2D eigenvalue weighted by Crippen LogP contribution is -2.02. The van der Waals surface area contributed by atoms with Crippen molar-refractivity contribution in [1.29, 1.82) is 0 Å². The molecule has 10 heavy (non-hydrogen) atoms. The maximum Gasteiger partial charge on any atom is 0.0571 e. The quantitative estimate of drug-likeness (QED) is 0.629. The molecule has 1 heterocycles. The Labute approximate surface area is 61.1 Å². The van der Waals surface area contributed by atoms with Gasteiger partial charge in [-0.2, -0.15) is 0 Å². The summed E-state index contributed by atoms with van der Waals surface area (Å²) >= 11 is 0. The van der Waals surface area contributed by atoms with Gasteiger partial charge in [0.25, 0.3) is 0 Å². The van der Waals surface area contributed by atoms with Crippen molar-refractivity contribution in [2.24, 2.45) is 5.73 Å². The van der Waals surface area contributed by atoms with E-state index in [1.54, 1.807) is 0 Å². The minimum Gasteiger partial charge on any atom is -0.325 e. The molecule has 0 aliphatic carbocycles. The highest BCUT2D eigenvalue weighted by molar-refractivity contribution is 5.20. The number of nitrogens with two attached hydrogens (primary N) is 1. The number of hydrogen-bond acceptors (Lipinski definition) is 2. The van der Waals surface area contributed by atoms with Gasteiger partial charge < -0.3 is 5.73 Å². The van der Waals surface area contributed by atoms with Crippen LogP contribution in [0.4, 0.5) is 0 Å². The van der Waals surface area contributed by atoms with E-state index in [1.165, 1.54) is 5.56 Å². The first-order valence-corrected chi connectivity index (χ1v) is 3.37. The monoisotopic (exact) mass is 136 g/mol. The third kappa shape index (κ3) is 1.33. The van der Waals surface area contributed by atoms with Crippen LogP contribution in [-0.2, 0) is 6.54 Å². The lowest BCUT2D eigenvalue weighted by atomic mass is 10.2. The molecule has 0 amide bonds. The summed E-state index contributed by atoms with van der Waals surface area (Å²) in [5.41, 5.74) is 8.66. The summed E-state index contributed by atoms with van der Waals surface area (Å²) < 4.78 is 0. The zero-order valence-electron chi connectivity index (χ0n) is 6.39. The first-order valence-electron chi connectivity index (χ1n) is 3.37. The summed E-state index contributed by atoms with van der Waals surface area (Å²) in [6, 6.07) is 4.04. The molecule has 0 atom stereocenters. The Bertz CT molecular complexity index is 231. The molecule has 0 unspecified atom stereocenters. The van der Waals surface area contributed by atoms with Gasteiger partial charge in [-0.25, -0.2) is 0 Å². The third-order valence-electron chi connectivity index (χ3n) is 1.53. The molecule has 54 valence electrons. The Balaban J connectivity index is 3.09. The normalized spacial score (nSPS) is 9.90. The van der Waals surface area contributed by atoms with E-state index in [1.807, 2.05) is 26.0 Å². The summed E-state index contributed by atoms with van der Waals surface area (Å²) in [7, 11) is 0. The molecule has 2 N–H and O–H groups in total. The molecular formula is C8H12N2. The molecule has 1 aromatic rings. The van der Waals surface area contributed by atoms with Crippen molar-refractivity contribution in [1.82, 2.24) is 4.98 Å². The molecule has 0 spiro atoms. The largest absolute Gasteiger partial charge is 0.325 e. The van der Waals surface area contributed by atoms with Crippen molar-refractivity contribution in [3.63, 3.8) is 0 Å². The summed E-state index contributed by atoms with van der Waals surface area (Å²) in [5, 5.41) is 0. The molecule has 1 aromatic heterocycles. The van der Waals surface area contributed by atoms with E-state index in [9.17, 15) is 0 Å². The first kappa shape index (κ1) is 7.22. The van der Waals surface area contributed by atoms with Gasteiger partial charge in [-0.3, -0.25) is 4.98 Å². The molecule has 0 saturated carbocycles. The molecule has 0 fully saturated rings. The second kappa shape index (κ2) is 2.80. The van der Waals surface area contributed by atoms with Crippen LogP contribution in [0.2, 0.25) is 0 Å². The van der Waals surface area contributed by atoms with Crippen LogP contribution in [0.25, 0.3) is 0 Å². The van der Waals surface area contributed by atoms with Crippen LogP contribution in [0.5, 0.6) is 0 Å². The highest BCUT2D eigenvalue weighted by Crippen LogP contribution is 2.03. The van der Waals surface area contributed by atoms with E-state index in [-0.39, 0.29) is 0 Å². The molecule has 0 radical (unpaired) electrons. The average Bonchev–Trinajstić information content (AvgIpc) is 1.94. The van der Waals surface area contributed by atoms with Crippen LogP contribution in [0, 0.1) is 13.8 Å². The van der Waals surface area contributed by atoms with Gasteiger partial charge in [0.2, 0.25) is 0 Å². The maximum atomic E-state index is 5.46. The molecule has 0 aliphatic heterocycles. The fourth-order valence-electron chi connectivity index (χ4n) is 0.887. The predicted octanol–water partition coefficient (Wildman–Crippen LogP) is 1.16. The van der Waals surface area contributed by atoms with Gasteiger partial charge in [-0.15, -0.1) is 0 Å². The number of aryl methyl sites for hydroxylation is 2. The number of aromatic nitrogens is 1. The van der Waals surface area contributed by atoms with Crippen LogP contribution < -0.4 is 5.73 Å². The Hall–Kier alpha value is -0.890. The smallest absolute Gasteiger partial charge is 0.0571 e. The first-order chi connectivity index (χ1) is 4.74. The van der Waals surface area contributed by atoms with Crippen LogP contribution in [0.3, 0.4) is 0 Å². The van der Waals surface area contributed by atoms with Crippen molar-refractivity contribution >= 4 is 0 Å². The second-order valence-corrected chi connectivity index (χ2v) is 2.42. The van der Waals surface area contributed by atoms with Gasteiger partial charge >= 0.3 is 0 Å². The lowest BCUT2D eigenvalue weighted by molar-refractivity contribution is 0.949. The van der Waals surface area contributed by atoms with E-state index >= 15 is 0 Å². The van der Waals surface area contributed by atoms with Crippen molar-refractivity contribution in [2.75, 3.05) is 0 Å². The number of pyridine rings is 1. The molecule has 2 heteroatoms. The van der Waals surface area contributed by atoms with E-state index < -0.39 is 0 Å². The second-order valence-electron chi connectivity index (χ2n) is 2.42. The van der Waals surface area contributed by atoms with Crippen LogP contribution in [0.1, 0.15) is 17.0 Å². The zero-order valence-corrected chi connectivity index (χ0v) is 6.39. The van der Waals surface area contributed by atoms with Gasteiger partial charge in [0.1, 0.15) is 0 Å². The van der Waals surface area contributed by atoms with E-state index in [4.69, 9.17) is 5.73 Å². The standard InChI is InChI=1S/C8H12N2/c1-6-3-4-7(2)10-8(6)5-9/h3-4H,5,9H2,1-2H3. The van der Waals surface area contributed by atoms with E-state index in [0.717, 1.165) is 11.4 Å². The number of nitrogens with zero attached hydrogens (tertiary/aromatic N) is 1. The molecule has 0 saturated heterocycles. The summed E-state index contributed by atoms with van der Waals surface area (Å²) in [4.78, 5) is 4.27. The lowest BCUT2D eigenvalue weighted by Gasteiger charge is -2.01. The fraction of sp³-hybridized carbons (Fsp3) is 0.375. The van der Waals surface area contributed by atoms with Gasteiger partial charge in [0.15, 0.2) is 0 Å². The molecule has 0 aromatic carbocycles. The Morgan fingerprint density at radius 3 is 2.60 bits per heavy atom. The van der Waals surface area contributed by atoms with E-state index in [2.05, 4.69) is 4.98 Å². The topological polar surface area (TPSA) is 38.9 Å². The molecule has 1 rings (SSSR count). The minimum atomic E-state index is 0.535. The summed E-state index contributed by atoms with van der Waals surface area (Å²) in [6.45, 7) is 4.53. The van der Waals surface area contributed by atoms with Gasteiger partial charge in [0, 0.05) is 12.2 Å². The average molecular weight is 136 g/mol. The molecule has 2 nitrogen and oxygen atoms in total. The minimum absolute atomic E-state index is 0.535. The fourth-order valence-corrected chi connectivity index (χ4v) is 0.887. The molecule has 0 aliphatic rings. The summed E-state index contributed by atoms with van der Waals surface area (Å²) in [6.07, 6.45) is 0. The number of rotatable bonds is 1. The van der Waals surface area contributed by atoms with E-state index in [0.29, 0.717) is 6.54 Å². The Morgan fingerprint density at radius 1 is 1.40 bits per heavy atom. The van der Waals surface area contributed by atoms with Crippen molar-refractivity contribution in [2.45, 2.75) is 20.4 Å². The van der Waals surface area contributed by atoms with Crippen LogP contribution in [-0.4, -0.2) is 4.98 Å². The van der Waals surface area contributed by atoms with Crippen LogP contribution >= 0.6 is 0 Å². The molecule has 0 bridgehead atoms. The summed E-state index contributed by atoms with van der Waals surface area (Å²) in [5.74, 6) is 0. The SMILES string of the molecule is Cc1ccc(C)c(CN)n1. The van der Waals surface area contributed by atoms with Crippen LogP contribution in [0.15, 0.2) is 12.1 Å². The maximum absolute atomic E-state index is 5.46. The Kier molecular flexibility index (Phi) is 2.02. The van der Waals surface area contributed by atoms with Gasteiger partial charge in [0.05, 0.1) is 5.69 Å². The van der Waals surface area contributed by atoms with Gasteiger partial charge in [-0.05, 0) is 25.5 Å². The van der Waals surface area contributed by atoms with Crippen molar-refractivity contribution < 1.29 is 0 Å². The van der Waals surface area contributed by atoms with Crippen molar-refractivity contribution in [3.05, 3.63) is 29.1 Å².